The third-order valence-electron chi connectivity index (χ3n) is 4.90. The minimum Gasteiger partial charge on any atom is -0.484 e. The van der Waals surface area contributed by atoms with E-state index < -0.39 is 10.0 Å². The first-order valence-electron chi connectivity index (χ1n) is 9.92. The van der Waals surface area contributed by atoms with Crippen molar-refractivity contribution in [3.63, 3.8) is 0 Å². The highest BCUT2D eigenvalue weighted by Crippen LogP contribution is 2.26. The highest BCUT2D eigenvalue weighted by atomic mass is 32.2. The zero-order valence-electron chi connectivity index (χ0n) is 17.7. The Kier molecular flexibility index (Phi) is 7.35. The maximum atomic E-state index is 12.6. The van der Waals surface area contributed by atoms with Crippen molar-refractivity contribution < 1.29 is 17.9 Å². The summed E-state index contributed by atoms with van der Waals surface area (Å²) >= 11 is 1.17. The van der Waals surface area contributed by atoms with Gasteiger partial charge in [-0.3, -0.25) is 9.10 Å². The molecule has 8 heteroatoms. The Balaban J connectivity index is 1.57. The standard InChI is InChI=1S/C23H26N2O4S2/c1-4-21(18-9-7-17(2)8-10-18)24-22(26)16-29-20-13-11-19(12-14-20)25(3)31(27,28)23-6-5-15-30-23/h5-15,21H,4,16H2,1-3H3,(H,24,26). The summed E-state index contributed by atoms with van der Waals surface area (Å²) in [7, 11) is -2.08. The molecule has 6 nitrogen and oxygen atoms in total. The number of carbonyl (C=O) groups is 1. The summed E-state index contributed by atoms with van der Waals surface area (Å²) in [4.78, 5) is 12.3. The molecule has 31 heavy (non-hydrogen) atoms. The summed E-state index contributed by atoms with van der Waals surface area (Å²) in [6.07, 6.45) is 0.772. The van der Waals surface area contributed by atoms with Crippen LogP contribution in [0, 0.1) is 6.92 Å². The summed E-state index contributed by atoms with van der Waals surface area (Å²) in [6.45, 7) is 3.92. The normalized spacial score (nSPS) is 12.2. The van der Waals surface area contributed by atoms with E-state index >= 15 is 0 Å². The van der Waals surface area contributed by atoms with Crippen molar-refractivity contribution in [1.29, 1.82) is 0 Å². The van der Waals surface area contributed by atoms with Gasteiger partial charge in [0.05, 0.1) is 11.7 Å². The van der Waals surface area contributed by atoms with Crippen LogP contribution >= 0.6 is 11.3 Å². The number of ether oxygens (including phenoxy) is 1. The van der Waals surface area contributed by atoms with Gasteiger partial charge >= 0.3 is 0 Å². The van der Waals surface area contributed by atoms with Crippen LogP contribution in [0.2, 0.25) is 0 Å². The molecule has 1 atom stereocenters. The number of benzene rings is 2. The van der Waals surface area contributed by atoms with Crippen LogP contribution in [0.4, 0.5) is 5.69 Å². The number of aryl methyl sites for hydroxylation is 1. The molecule has 0 radical (unpaired) electrons. The second-order valence-electron chi connectivity index (χ2n) is 7.13. The number of sulfonamides is 1. The fourth-order valence-corrected chi connectivity index (χ4v) is 5.40. The average molecular weight is 459 g/mol. The minimum atomic E-state index is -3.59. The first kappa shape index (κ1) is 22.8. The van der Waals surface area contributed by atoms with Crippen LogP contribution in [-0.4, -0.2) is 28.0 Å². The van der Waals surface area contributed by atoms with Crippen molar-refractivity contribution >= 4 is 33.0 Å². The fourth-order valence-electron chi connectivity index (χ4n) is 3.04. The van der Waals surface area contributed by atoms with Crippen LogP contribution in [0.25, 0.3) is 0 Å². The number of nitrogens with one attached hydrogen (secondary N) is 1. The van der Waals surface area contributed by atoms with E-state index in [4.69, 9.17) is 4.74 Å². The molecule has 0 saturated heterocycles. The first-order chi connectivity index (χ1) is 14.8. The number of hydrogen-bond acceptors (Lipinski definition) is 5. The molecule has 3 aromatic rings. The van der Waals surface area contributed by atoms with Gasteiger partial charge in [-0.25, -0.2) is 8.42 Å². The van der Waals surface area contributed by atoms with E-state index in [0.717, 1.165) is 12.0 Å². The zero-order valence-corrected chi connectivity index (χ0v) is 19.4. The lowest BCUT2D eigenvalue weighted by molar-refractivity contribution is -0.123. The molecule has 1 heterocycles. The van der Waals surface area contributed by atoms with Gasteiger partial charge in [0.15, 0.2) is 6.61 Å². The topological polar surface area (TPSA) is 75.7 Å². The average Bonchev–Trinajstić information content (AvgIpc) is 3.32. The second kappa shape index (κ2) is 9.98. The second-order valence-corrected chi connectivity index (χ2v) is 10.3. The number of hydrogen-bond donors (Lipinski definition) is 1. The summed E-state index contributed by atoms with van der Waals surface area (Å²) in [5, 5.41) is 4.71. The van der Waals surface area contributed by atoms with E-state index in [2.05, 4.69) is 5.32 Å². The number of carbonyl (C=O) groups excluding carboxylic acids is 1. The van der Waals surface area contributed by atoms with Crippen LogP contribution in [0.3, 0.4) is 0 Å². The van der Waals surface area contributed by atoms with E-state index in [0.29, 0.717) is 11.4 Å². The number of rotatable bonds is 9. The maximum absolute atomic E-state index is 12.6. The van der Waals surface area contributed by atoms with Gasteiger partial charge in [0.2, 0.25) is 0 Å². The number of thiophene rings is 1. The van der Waals surface area contributed by atoms with Gasteiger partial charge in [-0.1, -0.05) is 42.8 Å². The van der Waals surface area contributed by atoms with Crippen molar-refractivity contribution in [2.75, 3.05) is 18.0 Å². The van der Waals surface area contributed by atoms with Crippen LogP contribution in [0.1, 0.15) is 30.5 Å². The molecule has 164 valence electrons. The molecule has 0 spiro atoms. The number of anilines is 1. The monoisotopic (exact) mass is 458 g/mol. The maximum Gasteiger partial charge on any atom is 0.273 e. The van der Waals surface area contributed by atoms with Crippen molar-refractivity contribution in [2.45, 2.75) is 30.5 Å². The van der Waals surface area contributed by atoms with Gasteiger partial charge in [-0.2, -0.15) is 0 Å². The third kappa shape index (κ3) is 5.65. The Bertz CT molecular complexity index is 1090. The van der Waals surface area contributed by atoms with Crippen LogP contribution in [0.15, 0.2) is 70.3 Å². The Hall–Kier alpha value is -2.84. The van der Waals surface area contributed by atoms with Gasteiger partial charge in [0.25, 0.3) is 15.9 Å². The quantitative estimate of drug-likeness (QED) is 0.511. The molecule has 0 bridgehead atoms. The van der Waals surface area contributed by atoms with Gasteiger partial charge in [0.1, 0.15) is 9.96 Å². The minimum absolute atomic E-state index is 0.0739. The third-order valence-corrected chi connectivity index (χ3v) is 8.06. The zero-order chi connectivity index (χ0) is 22.4. The van der Waals surface area contributed by atoms with Crippen LogP contribution < -0.4 is 14.4 Å². The van der Waals surface area contributed by atoms with Crippen LogP contribution in [0.5, 0.6) is 5.75 Å². The summed E-state index contributed by atoms with van der Waals surface area (Å²) in [5.74, 6) is 0.276. The molecule has 1 N–H and O–H groups in total. The van der Waals surface area contributed by atoms with E-state index in [-0.39, 0.29) is 22.8 Å². The molecule has 2 aromatic carbocycles. The van der Waals surface area contributed by atoms with Crippen molar-refractivity contribution in [3.05, 3.63) is 77.2 Å². The van der Waals surface area contributed by atoms with Gasteiger partial charge < -0.3 is 10.1 Å². The highest BCUT2D eigenvalue weighted by molar-refractivity contribution is 7.94. The van der Waals surface area contributed by atoms with Gasteiger partial charge in [-0.05, 0) is 54.6 Å². The summed E-state index contributed by atoms with van der Waals surface area (Å²) in [5.41, 5.74) is 2.74. The summed E-state index contributed by atoms with van der Waals surface area (Å²) < 4.78 is 32.3. The largest absolute Gasteiger partial charge is 0.484 e. The van der Waals surface area contributed by atoms with Crippen molar-refractivity contribution in [1.82, 2.24) is 5.32 Å². The van der Waals surface area contributed by atoms with Gasteiger partial charge in [0, 0.05) is 7.05 Å². The molecule has 0 aliphatic heterocycles. The molecular formula is C23H26N2O4S2. The molecule has 0 aliphatic rings. The van der Waals surface area contributed by atoms with E-state index in [1.54, 1.807) is 41.8 Å². The lowest BCUT2D eigenvalue weighted by Crippen LogP contribution is -2.32. The Labute approximate surface area is 187 Å². The van der Waals surface area contributed by atoms with Crippen molar-refractivity contribution in [2.24, 2.45) is 0 Å². The molecular weight excluding hydrogens is 432 g/mol. The predicted molar refractivity (Wildman–Crippen MR) is 124 cm³/mol. The lowest BCUT2D eigenvalue weighted by Gasteiger charge is -2.19. The molecule has 1 aromatic heterocycles. The number of amides is 1. The van der Waals surface area contributed by atoms with Crippen LogP contribution in [-0.2, 0) is 14.8 Å². The lowest BCUT2D eigenvalue weighted by atomic mass is 10.0. The molecule has 3 rings (SSSR count). The smallest absolute Gasteiger partial charge is 0.273 e. The molecule has 1 unspecified atom stereocenters. The first-order valence-corrected chi connectivity index (χ1v) is 12.2. The predicted octanol–water partition coefficient (Wildman–Crippen LogP) is 4.53. The fraction of sp³-hybridized carbons (Fsp3) is 0.261. The highest BCUT2D eigenvalue weighted by Gasteiger charge is 2.22. The van der Waals surface area contributed by atoms with E-state index in [1.165, 1.54) is 28.3 Å². The van der Waals surface area contributed by atoms with Gasteiger partial charge in [-0.15, -0.1) is 11.3 Å². The molecule has 0 aliphatic carbocycles. The van der Waals surface area contributed by atoms with Crippen molar-refractivity contribution in [3.8, 4) is 5.75 Å². The molecule has 0 saturated carbocycles. The Morgan fingerprint density at radius 1 is 1.10 bits per heavy atom. The Morgan fingerprint density at radius 3 is 2.35 bits per heavy atom. The molecule has 0 fully saturated rings. The SMILES string of the molecule is CCC(NC(=O)COc1ccc(N(C)S(=O)(=O)c2cccs2)cc1)c1ccc(C)cc1. The molecule has 1 amide bonds. The van der Waals surface area contributed by atoms with E-state index in [9.17, 15) is 13.2 Å². The summed E-state index contributed by atoms with van der Waals surface area (Å²) in [6, 6.07) is 17.9. The Morgan fingerprint density at radius 2 is 1.77 bits per heavy atom. The number of nitrogens with zero attached hydrogens (tertiary/aromatic N) is 1. The van der Waals surface area contributed by atoms with E-state index in [1.807, 2.05) is 38.1 Å².